The summed E-state index contributed by atoms with van der Waals surface area (Å²) in [5, 5.41) is 2.98. The molecule has 0 aromatic carbocycles. The Morgan fingerprint density at radius 3 is 2.55 bits per heavy atom. The maximum atomic E-state index is 12.3. The van der Waals surface area contributed by atoms with Crippen LogP contribution in [0.1, 0.15) is 40.0 Å². The molecular weight excluding hydrogens is 254 g/mol. The van der Waals surface area contributed by atoms with Crippen molar-refractivity contribution in [3.8, 4) is 0 Å². The van der Waals surface area contributed by atoms with Crippen molar-refractivity contribution in [2.24, 2.45) is 11.1 Å². The van der Waals surface area contributed by atoms with E-state index in [0.717, 1.165) is 19.4 Å². The standard InChI is InChI=1S/C15H31N3O2/c1-6-20-12-11-15(16,14(12,2)3)13(19)17-9-7-8-10-18(4)5/h12H,6-11,16H2,1-5H3,(H,17,19). The first-order valence-electron chi connectivity index (χ1n) is 7.59. The van der Waals surface area contributed by atoms with Crippen molar-refractivity contribution in [2.45, 2.75) is 51.7 Å². The molecule has 20 heavy (non-hydrogen) atoms. The van der Waals surface area contributed by atoms with Crippen LogP contribution < -0.4 is 11.1 Å². The molecule has 0 bridgehead atoms. The largest absolute Gasteiger partial charge is 0.378 e. The number of hydrogen-bond donors (Lipinski definition) is 2. The van der Waals surface area contributed by atoms with Gasteiger partial charge in [-0.1, -0.05) is 13.8 Å². The van der Waals surface area contributed by atoms with E-state index in [1.54, 1.807) is 0 Å². The zero-order valence-corrected chi connectivity index (χ0v) is 13.7. The number of unbranched alkanes of at least 4 members (excludes halogenated alkanes) is 1. The summed E-state index contributed by atoms with van der Waals surface area (Å²) in [7, 11) is 4.11. The first-order chi connectivity index (χ1) is 9.25. The lowest BCUT2D eigenvalue weighted by atomic mass is 9.54. The second kappa shape index (κ2) is 6.87. The highest BCUT2D eigenvalue weighted by atomic mass is 16.5. The number of carbonyl (C=O) groups excluding carboxylic acids is 1. The van der Waals surface area contributed by atoms with Crippen molar-refractivity contribution in [3.05, 3.63) is 0 Å². The van der Waals surface area contributed by atoms with Crippen LogP contribution in [-0.2, 0) is 9.53 Å². The predicted octanol–water partition coefficient (Wildman–Crippen LogP) is 0.977. The summed E-state index contributed by atoms with van der Waals surface area (Å²) in [6.45, 7) is 8.40. The molecule has 0 saturated heterocycles. The number of nitrogens with two attached hydrogens (primary N) is 1. The molecule has 2 atom stereocenters. The first kappa shape index (κ1) is 17.4. The highest BCUT2D eigenvalue weighted by molar-refractivity contribution is 5.88. The van der Waals surface area contributed by atoms with Crippen LogP contribution in [0.4, 0.5) is 0 Å². The fraction of sp³-hybridized carbons (Fsp3) is 0.933. The molecule has 1 aliphatic rings. The molecule has 0 radical (unpaired) electrons. The Kier molecular flexibility index (Phi) is 5.98. The Balaban J connectivity index is 2.36. The van der Waals surface area contributed by atoms with Crippen LogP contribution in [0.15, 0.2) is 0 Å². The molecule has 5 nitrogen and oxygen atoms in total. The molecule has 0 aliphatic heterocycles. The molecular formula is C15H31N3O2. The maximum Gasteiger partial charge on any atom is 0.240 e. The monoisotopic (exact) mass is 285 g/mol. The highest BCUT2D eigenvalue weighted by Gasteiger charge is 2.62. The Morgan fingerprint density at radius 1 is 1.40 bits per heavy atom. The van der Waals surface area contributed by atoms with Gasteiger partial charge in [0.2, 0.25) is 5.91 Å². The number of nitrogens with one attached hydrogen (secondary N) is 1. The minimum atomic E-state index is -0.797. The topological polar surface area (TPSA) is 67.6 Å². The van der Waals surface area contributed by atoms with Gasteiger partial charge in [-0.3, -0.25) is 4.79 Å². The third-order valence-electron chi connectivity index (χ3n) is 4.55. The van der Waals surface area contributed by atoms with E-state index >= 15 is 0 Å². The molecule has 118 valence electrons. The summed E-state index contributed by atoms with van der Waals surface area (Å²) in [5.41, 5.74) is 5.20. The van der Waals surface area contributed by atoms with E-state index in [1.165, 1.54) is 0 Å². The van der Waals surface area contributed by atoms with E-state index in [-0.39, 0.29) is 17.4 Å². The van der Waals surface area contributed by atoms with Gasteiger partial charge in [-0.15, -0.1) is 0 Å². The zero-order chi connectivity index (χ0) is 15.4. The van der Waals surface area contributed by atoms with Crippen LogP contribution >= 0.6 is 0 Å². The molecule has 1 aliphatic carbocycles. The Hall–Kier alpha value is -0.650. The molecule has 0 aromatic rings. The Morgan fingerprint density at radius 2 is 2.05 bits per heavy atom. The molecule has 0 heterocycles. The van der Waals surface area contributed by atoms with E-state index in [0.29, 0.717) is 19.6 Å². The molecule has 2 unspecified atom stereocenters. The number of ether oxygens (including phenoxy) is 1. The fourth-order valence-corrected chi connectivity index (χ4v) is 2.73. The van der Waals surface area contributed by atoms with E-state index in [2.05, 4.69) is 24.3 Å². The van der Waals surface area contributed by atoms with Gasteiger partial charge in [-0.2, -0.15) is 0 Å². The summed E-state index contributed by atoms with van der Waals surface area (Å²) >= 11 is 0. The number of hydrogen-bond acceptors (Lipinski definition) is 4. The van der Waals surface area contributed by atoms with Crippen molar-refractivity contribution in [3.63, 3.8) is 0 Å². The summed E-state index contributed by atoms with van der Waals surface area (Å²) in [4.78, 5) is 14.5. The van der Waals surface area contributed by atoms with Crippen LogP contribution in [0.25, 0.3) is 0 Å². The molecule has 1 amide bonds. The summed E-state index contributed by atoms with van der Waals surface area (Å²) < 4.78 is 5.64. The van der Waals surface area contributed by atoms with Gasteiger partial charge in [-0.05, 0) is 40.4 Å². The average molecular weight is 285 g/mol. The minimum Gasteiger partial charge on any atom is -0.378 e. The van der Waals surface area contributed by atoms with E-state index in [9.17, 15) is 4.79 Å². The molecule has 1 rings (SSSR count). The first-order valence-corrected chi connectivity index (χ1v) is 7.59. The lowest BCUT2D eigenvalue weighted by molar-refractivity contribution is -0.170. The lowest BCUT2D eigenvalue weighted by Gasteiger charge is -2.57. The molecule has 1 saturated carbocycles. The van der Waals surface area contributed by atoms with Crippen molar-refractivity contribution in [2.75, 3.05) is 33.8 Å². The van der Waals surface area contributed by atoms with Gasteiger partial charge in [0.1, 0.15) is 5.54 Å². The molecule has 5 heteroatoms. The third kappa shape index (κ3) is 3.51. The van der Waals surface area contributed by atoms with E-state index in [1.807, 2.05) is 20.8 Å². The fourth-order valence-electron chi connectivity index (χ4n) is 2.73. The Bertz CT molecular complexity index is 331. The van der Waals surface area contributed by atoms with Crippen LogP contribution in [-0.4, -0.2) is 56.2 Å². The number of carbonyl (C=O) groups is 1. The number of nitrogens with zero attached hydrogens (tertiary/aromatic N) is 1. The third-order valence-corrected chi connectivity index (χ3v) is 4.55. The van der Waals surface area contributed by atoms with Gasteiger partial charge in [0, 0.05) is 25.0 Å². The van der Waals surface area contributed by atoms with E-state index in [4.69, 9.17) is 10.5 Å². The van der Waals surface area contributed by atoms with Crippen LogP contribution in [0.5, 0.6) is 0 Å². The average Bonchev–Trinajstić information content (AvgIpc) is 2.37. The van der Waals surface area contributed by atoms with Crippen molar-refractivity contribution < 1.29 is 9.53 Å². The van der Waals surface area contributed by atoms with Crippen molar-refractivity contribution >= 4 is 5.91 Å². The smallest absolute Gasteiger partial charge is 0.240 e. The van der Waals surface area contributed by atoms with Gasteiger partial charge in [0.15, 0.2) is 0 Å². The SMILES string of the molecule is CCOC1CC(N)(C(=O)NCCCCN(C)C)C1(C)C. The van der Waals surface area contributed by atoms with Crippen LogP contribution in [0, 0.1) is 5.41 Å². The summed E-state index contributed by atoms with van der Waals surface area (Å²) in [6.07, 6.45) is 2.75. The van der Waals surface area contributed by atoms with Crippen molar-refractivity contribution in [1.29, 1.82) is 0 Å². The highest BCUT2D eigenvalue weighted by Crippen LogP contribution is 2.49. The Labute approximate surface area is 123 Å². The van der Waals surface area contributed by atoms with Crippen molar-refractivity contribution in [1.82, 2.24) is 10.2 Å². The summed E-state index contributed by atoms with van der Waals surface area (Å²) in [6, 6.07) is 0. The van der Waals surface area contributed by atoms with Gasteiger partial charge in [0.25, 0.3) is 0 Å². The zero-order valence-electron chi connectivity index (χ0n) is 13.7. The second-order valence-electron chi connectivity index (χ2n) is 6.61. The van der Waals surface area contributed by atoms with Crippen LogP contribution in [0.3, 0.4) is 0 Å². The quantitative estimate of drug-likeness (QED) is 0.652. The molecule has 0 spiro atoms. The minimum absolute atomic E-state index is 0.0386. The maximum absolute atomic E-state index is 12.3. The normalized spacial score (nSPS) is 28.2. The summed E-state index contributed by atoms with van der Waals surface area (Å²) in [5.74, 6) is -0.0386. The van der Waals surface area contributed by atoms with Gasteiger partial charge in [-0.25, -0.2) is 0 Å². The van der Waals surface area contributed by atoms with Crippen LogP contribution in [0.2, 0.25) is 0 Å². The molecule has 0 aromatic heterocycles. The number of rotatable bonds is 8. The lowest BCUT2D eigenvalue weighted by Crippen LogP contribution is -2.75. The predicted molar refractivity (Wildman–Crippen MR) is 81.5 cm³/mol. The van der Waals surface area contributed by atoms with Gasteiger partial charge < -0.3 is 20.7 Å². The van der Waals surface area contributed by atoms with E-state index < -0.39 is 5.54 Å². The van der Waals surface area contributed by atoms with Gasteiger partial charge in [0.05, 0.1) is 6.10 Å². The molecule has 3 N–H and O–H groups in total. The second-order valence-corrected chi connectivity index (χ2v) is 6.61. The van der Waals surface area contributed by atoms with Gasteiger partial charge >= 0.3 is 0 Å². The molecule has 1 fully saturated rings. The number of amides is 1.